The Morgan fingerprint density at radius 2 is 1.84 bits per heavy atom. The van der Waals surface area contributed by atoms with Crippen LogP contribution in [0.25, 0.3) is 0 Å². The summed E-state index contributed by atoms with van der Waals surface area (Å²) >= 11 is 0. The van der Waals surface area contributed by atoms with Gasteiger partial charge in [0.15, 0.2) is 6.61 Å². The molecular weight excluding hydrogens is 398 g/mol. The second-order valence-electron chi connectivity index (χ2n) is 7.86. The molecule has 1 fully saturated rings. The minimum Gasteiger partial charge on any atom is -0.452 e. The van der Waals surface area contributed by atoms with E-state index in [1.54, 1.807) is 6.07 Å². The highest BCUT2D eigenvalue weighted by molar-refractivity contribution is 5.93. The number of anilines is 1. The zero-order chi connectivity index (χ0) is 22.5. The Balaban J connectivity index is 1.60. The van der Waals surface area contributed by atoms with Crippen LogP contribution in [0.1, 0.15) is 52.9 Å². The largest absolute Gasteiger partial charge is 0.452 e. The van der Waals surface area contributed by atoms with Gasteiger partial charge in [-0.2, -0.15) is 0 Å². The van der Waals surface area contributed by atoms with E-state index >= 15 is 0 Å². The molecule has 0 bridgehead atoms. The van der Waals surface area contributed by atoms with Crippen molar-refractivity contribution >= 4 is 23.3 Å². The quantitative estimate of drug-likeness (QED) is 0.411. The number of nitro groups is 1. The molecule has 2 aromatic rings. The number of benzene rings is 2. The summed E-state index contributed by atoms with van der Waals surface area (Å²) in [5.74, 6) is -1.22. The molecule has 1 N–H and O–H groups in total. The van der Waals surface area contributed by atoms with Gasteiger partial charge in [-0.3, -0.25) is 14.9 Å². The maximum absolute atomic E-state index is 12.4. The third kappa shape index (κ3) is 5.39. The van der Waals surface area contributed by atoms with Crippen LogP contribution in [0.2, 0.25) is 0 Å². The Morgan fingerprint density at radius 1 is 1.13 bits per heavy atom. The van der Waals surface area contributed by atoms with Gasteiger partial charge in [0.1, 0.15) is 5.69 Å². The molecule has 164 valence electrons. The van der Waals surface area contributed by atoms with Crippen LogP contribution in [0.15, 0.2) is 36.4 Å². The smallest absolute Gasteiger partial charge is 0.338 e. The molecule has 2 aromatic carbocycles. The van der Waals surface area contributed by atoms with Crippen LogP contribution < -0.4 is 10.2 Å². The number of hydrogen-bond acceptors (Lipinski definition) is 6. The third-order valence-electron chi connectivity index (χ3n) is 5.60. The lowest BCUT2D eigenvalue weighted by Gasteiger charge is -2.18. The van der Waals surface area contributed by atoms with Crippen LogP contribution in [0, 0.1) is 24.0 Å². The molecule has 1 saturated heterocycles. The van der Waals surface area contributed by atoms with Crippen LogP contribution in [0.4, 0.5) is 11.4 Å². The fourth-order valence-corrected chi connectivity index (χ4v) is 3.64. The van der Waals surface area contributed by atoms with Crippen molar-refractivity contribution in [2.45, 2.75) is 39.7 Å². The van der Waals surface area contributed by atoms with Gasteiger partial charge < -0.3 is 15.0 Å². The monoisotopic (exact) mass is 425 g/mol. The average molecular weight is 425 g/mol. The summed E-state index contributed by atoms with van der Waals surface area (Å²) in [5.41, 5.74) is 3.66. The van der Waals surface area contributed by atoms with Crippen molar-refractivity contribution in [2.75, 3.05) is 24.6 Å². The Bertz CT molecular complexity index is 999. The van der Waals surface area contributed by atoms with Crippen molar-refractivity contribution in [3.05, 3.63) is 68.8 Å². The van der Waals surface area contributed by atoms with E-state index in [9.17, 15) is 19.7 Å². The van der Waals surface area contributed by atoms with Gasteiger partial charge in [0.25, 0.3) is 11.6 Å². The van der Waals surface area contributed by atoms with E-state index in [1.165, 1.54) is 17.7 Å². The number of hydrogen-bond donors (Lipinski definition) is 1. The minimum absolute atomic E-state index is 0.0460. The summed E-state index contributed by atoms with van der Waals surface area (Å²) in [7, 11) is 0. The molecule has 0 unspecified atom stereocenters. The molecule has 1 aliphatic heterocycles. The van der Waals surface area contributed by atoms with Gasteiger partial charge in [-0.05, 0) is 62.4 Å². The summed E-state index contributed by atoms with van der Waals surface area (Å²) in [6.07, 6.45) is 1.97. The lowest BCUT2D eigenvalue weighted by molar-refractivity contribution is -0.384. The van der Waals surface area contributed by atoms with Crippen molar-refractivity contribution in [1.29, 1.82) is 0 Å². The van der Waals surface area contributed by atoms with Crippen LogP contribution in [0.5, 0.6) is 0 Å². The van der Waals surface area contributed by atoms with E-state index < -0.39 is 23.4 Å². The maximum atomic E-state index is 12.4. The van der Waals surface area contributed by atoms with E-state index in [0.29, 0.717) is 5.69 Å². The van der Waals surface area contributed by atoms with Gasteiger partial charge in [-0.25, -0.2) is 4.79 Å². The highest BCUT2D eigenvalue weighted by Crippen LogP contribution is 2.31. The van der Waals surface area contributed by atoms with Gasteiger partial charge >= 0.3 is 5.97 Å². The molecule has 1 heterocycles. The first-order chi connectivity index (χ1) is 14.8. The number of ether oxygens (including phenoxy) is 1. The predicted molar refractivity (Wildman–Crippen MR) is 117 cm³/mol. The molecule has 0 saturated carbocycles. The van der Waals surface area contributed by atoms with Gasteiger partial charge in [0.05, 0.1) is 16.5 Å². The van der Waals surface area contributed by atoms with Crippen LogP contribution in [-0.4, -0.2) is 36.5 Å². The van der Waals surface area contributed by atoms with Gasteiger partial charge in [-0.15, -0.1) is 0 Å². The molecular formula is C23H27N3O5. The summed E-state index contributed by atoms with van der Waals surface area (Å²) in [6, 6.07) is 9.98. The summed E-state index contributed by atoms with van der Waals surface area (Å²) < 4.78 is 5.08. The molecule has 0 aliphatic carbocycles. The van der Waals surface area contributed by atoms with E-state index in [-0.39, 0.29) is 17.3 Å². The molecule has 3 rings (SSSR count). The molecule has 1 amide bonds. The first-order valence-corrected chi connectivity index (χ1v) is 10.3. The van der Waals surface area contributed by atoms with E-state index in [0.717, 1.165) is 37.1 Å². The zero-order valence-corrected chi connectivity index (χ0v) is 18.0. The fourth-order valence-electron chi connectivity index (χ4n) is 3.64. The van der Waals surface area contributed by atoms with E-state index in [1.807, 2.05) is 43.9 Å². The molecule has 8 nitrogen and oxygen atoms in total. The van der Waals surface area contributed by atoms with Crippen LogP contribution in [-0.2, 0) is 9.53 Å². The van der Waals surface area contributed by atoms with Gasteiger partial charge in [0.2, 0.25) is 0 Å². The normalized spacial score (nSPS) is 14.2. The maximum Gasteiger partial charge on any atom is 0.338 e. The lowest BCUT2D eigenvalue weighted by atomic mass is 10.0. The van der Waals surface area contributed by atoms with Crippen LogP contribution >= 0.6 is 0 Å². The summed E-state index contributed by atoms with van der Waals surface area (Å²) in [6.45, 7) is 6.92. The third-order valence-corrected chi connectivity index (χ3v) is 5.60. The van der Waals surface area contributed by atoms with Gasteiger partial charge in [-0.1, -0.05) is 18.2 Å². The molecule has 0 aromatic heterocycles. The van der Waals surface area contributed by atoms with Crippen molar-refractivity contribution < 1.29 is 19.2 Å². The number of carbonyl (C=O) groups is 2. The number of esters is 1. The molecule has 1 aliphatic rings. The zero-order valence-electron chi connectivity index (χ0n) is 18.0. The Kier molecular flexibility index (Phi) is 6.89. The minimum atomic E-state index is -0.773. The second-order valence-corrected chi connectivity index (χ2v) is 7.86. The first kappa shape index (κ1) is 22.3. The number of carbonyl (C=O) groups excluding carboxylic acids is 2. The Morgan fingerprint density at radius 3 is 2.48 bits per heavy atom. The fraction of sp³-hybridized carbons (Fsp3) is 0.391. The lowest BCUT2D eigenvalue weighted by Crippen LogP contribution is -2.31. The number of rotatable bonds is 7. The molecule has 0 spiro atoms. The SMILES string of the molecule is Cc1ccc([C@H](C)NC(=O)COC(=O)c2ccc(N3CCCC3)c([N+](=O)[O-])c2)cc1C. The highest BCUT2D eigenvalue weighted by Gasteiger charge is 2.24. The number of nitro benzene ring substituents is 1. The van der Waals surface area contributed by atoms with Crippen molar-refractivity contribution in [3.63, 3.8) is 0 Å². The topological polar surface area (TPSA) is 102 Å². The van der Waals surface area contributed by atoms with E-state index in [2.05, 4.69) is 5.32 Å². The number of aryl methyl sites for hydroxylation is 2. The summed E-state index contributed by atoms with van der Waals surface area (Å²) in [5, 5.41) is 14.3. The molecule has 31 heavy (non-hydrogen) atoms. The first-order valence-electron chi connectivity index (χ1n) is 10.3. The van der Waals surface area contributed by atoms with E-state index in [4.69, 9.17) is 4.74 Å². The number of nitrogens with zero attached hydrogens (tertiary/aromatic N) is 2. The molecule has 8 heteroatoms. The van der Waals surface area contributed by atoms with Crippen LogP contribution in [0.3, 0.4) is 0 Å². The predicted octanol–water partition coefficient (Wildman–Crippen LogP) is 3.85. The number of nitrogens with one attached hydrogen (secondary N) is 1. The van der Waals surface area contributed by atoms with Crippen molar-refractivity contribution in [2.24, 2.45) is 0 Å². The average Bonchev–Trinajstić information content (AvgIpc) is 3.28. The number of amides is 1. The molecule has 0 radical (unpaired) electrons. The van der Waals surface area contributed by atoms with Crippen molar-refractivity contribution in [1.82, 2.24) is 5.32 Å². The second kappa shape index (κ2) is 9.59. The van der Waals surface area contributed by atoms with Crippen molar-refractivity contribution in [3.8, 4) is 0 Å². The Hall–Kier alpha value is -3.42. The highest BCUT2D eigenvalue weighted by atomic mass is 16.6. The molecule has 1 atom stereocenters. The summed E-state index contributed by atoms with van der Waals surface area (Å²) in [4.78, 5) is 37.5. The van der Waals surface area contributed by atoms with Gasteiger partial charge in [0, 0.05) is 19.2 Å². The Labute approximate surface area is 181 Å². The standard InChI is InChI=1S/C23H27N3O5/c1-15-6-7-18(12-16(15)2)17(3)24-22(27)14-31-23(28)19-8-9-20(21(13-19)26(29)30)25-10-4-5-11-25/h6-9,12-13,17H,4-5,10-11,14H2,1-3H3,(H,24,27)/t17-/m0/s1.